The normalized spacial score (nSPS) is 16.1. The van der Waals surface area contributed by atoms with E-state index in [1.165, 1.54) is 6.07 Å². The van der Waals surface area contributed by atoms with Crippen LogP contribution in [0.5, 0.6) is 0 Å². The van der Waals surface area contributed by atoms with Crippen molar-refractivity contribution < 1.29 is 37.0 Å². The Morgan fingerprint density at radius 2 is 1.69 bits per heavy atom. The molecular formula is C19H10F3N5O7S. The zero-order chi connectivity index (χ0) is 25.5. The van der Waals surface area contributed by atoms with E-state index >= 15 is 0 Å². The van der Waals surface area contributed by atoms with Crippen LogP contribution >= 0.6 is 11.8 Å². The van der Waals surface area contributed by atoms with Crippen molar-refractivity contribution in [1.29, 1.82) is 0 Å². The smallest absolute Gasteiger partial charge is 0.411 e. The molecule has 3 aromatic rings. The van der Waals surface area contributed by atoms with E-state index < -0.39 is 50.0 Å². The number of hydrogen-bond donors (Lipinski definition) is 0. The van der Waals surface area contributed by atoms with Crippen molar-refractivity contribution >= 4 is 40.6 Å². The van der Waals surface area contributed by atoms with Gasteiger partial charge in [0.15, 0.2) is 0 Å². The highest BCUT2D eigenvalue weighted by molar-refractivity contribution is 8.00. The molecule has 16 heteroatoms. The lowest BCUT2D eigenvalue weighted by Gasteiger charge is -2.16. The Morgan fingerprint density at radius 1 is 1.03 bits per heavy atom. The number of thioether (sulfide) groups is 1. The summed E-state index contributed by atoms with van der Waals surface area (Å²) in [6.07, 6.45) is -5.03. The van der Waals surface area contributed by atoms with Crippen LogP contribution in [0.15, 0.2) is 52.1 Å². The number of carbonyl (C=O) groups excluding carboxylic acids is 2. The Labute approximate surface area is 196 Å². The van der Waals surface area contributed by atoms with E-state index in [0.717, 1.165) is 30.3 Å². The van der Waals surface area contributed by atoms with Crippen molar-refractivity contribution in [2.24, 2.45) is 0 Å². The van der Waals surface area contributed by atoms with Crippen LogP contribution in [0.2, 0.25) is 0 Å². The number of anilines is 1. The summed E-state index contributed by atoms with van der Waals surface area (Å²) in [7, 11) is 0. The minimum Gasteiger partial charge on any atom is -0.411 e. The summed E-state index contributed by atoms with van der Waals surface area (Å²) >= 11 is 0.665. The monoisotopic (exact) mass is 509 g/mol. The van der Waals surface area contributed by atoms with Gasteiger partial charge in [-0.3, -0.25) is 29.8 Å². The summed E-state index contributed by atoms with van der Waals surface area (Å²) < 4.78 is 44.4. The number of rotatable bonds is 6. The molecule has 180 valence electrons. The highest BCUT2D eigenvalue weighted by Crippen LogP contribution is 2.37. The molecule has 1 aromatic heterocycles. The zero-order valence-corrected chi connectivity index (χ0v) is 17.8. The Kier molecular flexibility index (Phi) is 5.98. The standard InChI is InChI=1S/C19H10F3N5O7S/c20-19(21,22)10-2-1-3-11(6-10)25-15(28)8-14(17(25)29)35-18-24-23-16(34-18)9-4-12(26(30)31)7-13(5-9)27(32)33/h1-7,14H,8H2. The number of amides is 2. The molecule has 1 atom stereocenters. The predicted octanol–water partition coefficient (Wildman–Crippen LogP) is 4.00. The molecule has 0 saturated carbocycles. The van der Waals surface area contributed by atoms with Crippen LogP contribution in [-0.2, 0) is 15.8 Å². The number of nitro benzene ring substituents is 2. The van der Waals surface area contributed by atoms with E-state index in [1.807, 2.05) is 0 Å². The summed E-state index contributed by atoms with van der Waals surface area (Å²) in [6, 6.07) is 6.46. The molecule has 1 saturated heterocycles. The van der Waals surface area contributed by atoms with Gasteiger partial charge in [-0.1, -0.05) is 17.8 Å². The van der Waals surface area contributed by atoms with Crippen molar-refractivity contribution in [2.75, 3.05) is 4.90 Å². The molecule has 2 amide bonds. The quantitative estimate of drug-likeness (QED) is 0.270. The molecule has 0 bridgehead atoms. The lowest BCUT2D eigenvalue weighted by atomic mass is 10.2. The second-order valence-electron chi connectivity index (χ2n) is 7.05. The minimum atomic E-state index is -4.67. The van der Waals surface area contributed by atoms with Gasteiger partial charge < -0.3 is 4.42 Å². The van der Waals surface area contributed by atoms with Crippen LogP contribution < -0.4 is 4.90 Å². The van der Waals surface area contributed by atoms with Crippen molar-refractivity contribution in [1.82, 2.24) is 10.2 Å². The molecule has 0 N–H and O–H groups in total. The summed E-state index contributed by atoms with van der Waals surface area (Å²) in [5.74, 6) is -1.85. The first kappa shape index (κ1) is 23.8. The maximum absolute atomic E-state index is 13.0. The van der Waals surface area contributed by atoms with E-state index in [0.29, 0.717) is 22.7 Å². The summed E-state index contributed by atoms with van der Waals surface area (Å²) in [6.45, 7) is 0. The van der Waals surface area contributed by atoms with Crippen molar-refractivity contribution in [3.8, 4) is 11.5 Å². The molecule has 1 unspecified atom stereocenters. The van der Waals surface area contributed by atoms with E-state index in [-0.39, 0.29) is 28.8 Å². The van der Waals surface area contributed by atoms with Crippen LogP contribution in [-0.4, -0.2) is 37.1 Å². The van der Waals surface area contributed by atoms with Gasteiger partial charge in [-0.05, 0) is 18.2 Å². The fourth-order valence-electron chi connectivity index (χ4n) is 3.21. The molecule has 12 nitrogen and oxygen atoms in total. The number of benzene rings is 2. The molecule has 35 heavy (non-hydrogen) atoms. The van der Waals surface area contributed by atoms with Crippen LogP contribution in [0.3, 0.4) is 0 Å². The number of carbonyl (C=O) groups is 2. The first-order chi connectivity index (χ1) is 16.4. The number of alkyl halides is 3. The van der Waals surface area contributed by atoms with Gasteiger partial charge in [0.2, 0.25) is 17.7 Å². The first-order valence-corrected chi connectivity index (χ1v) is 10.3. The van der Waals surface area contributed by atoms with Gasteiger partial charge in [-0.2, -0.15) is 13.2 Å². The van der Waals surface area contributed by atoms with Gasteiger partial charge in [0.1, 0.15) is 5.25 Å². The number of imide groups is 1. The van der Waals surface area contributed by atoms with Crippen molar-refractivity contribution in [3.05, 3.63) is 68.3 Å². The third-order valence-electron chi connectivity index (χ3n) is 4.76. The Hall–Kier alpha value is -4.34. The minimum absolute atomic E-state index is 0.121. The lowest BCUT2D eigenvalue weighted by molar-refractivity contribution is -0.394. The second-order valence-corrected chi connectivity index (χ2v) is 8.21. The Balaban J connectivity index is 1.56. The van der Waals surface area contributed by atoms with Gasteiger partial charge in [-0.25, -0.2) is 4.90 Å². The highest BCUT2D eigenvalue weighted by Gasteiger charge is 2.42. The van der Waals surface area contributed by atoms with E-state index in [9.17, 15) is 43.0 Å². The van der Waals surface area contributed by atoms with Crippen LogP contribution in [0.4, 0.5) is 30.2 Å². The SMILES string of the molecule is O=C1CC(Sc2nnc(-c3cc([N+](=O)[O-])cc([N+](=O)[O-])c3)o2)C(=O)N1c1cccc(C(F)(F)F)c1. The maximum Gasteiger partial charge on any atom is 0.416 e. The molecule has 0 radical (unpaired) electrons. The molecule has 2 heterocycles. The molecule has 0 spiro atoms. The fraction of sp³-hybridized carbons (Fsp3) is 0.158. The first-order valence-electron chi connectivity index (χ1n) is 9.42. The second kappa shape index (κ2) is 8.79. The molecule has 0 aliphatic carbocycles. The molecule has 1 fully saturated rings. The van der Waals surface area contributed by atoms with Crippen LogP contribution in [0.25, 0.3) is 11.5 Å². The zero-order valence-electron chi connectivity index (χ0n) is 17.0. The van der Waals surface area contributed by atoms with Gasteiger partial charge in [0, 0.05) is 18.6 Å². The number of hydrogen-bond acceptors (Lipinski definition) is 10. The average Bonchev–Trinajstić information content (AvgIpc) is 3.37. The summed E-state index contributed by atoms with van der Waals surface area (Å²) in [4.78, 5) is 46.2. The predicted molar refractivity (Wildman–Crippen MR) is 111 cm³/mol. The molecule has 4 rings (SSSR count). The summed E-state index contributed by atoms with van der Waals surface area (Å²) in [5.41, 5.74) is -2.57. The topological polar surface area (TPSA) is 163 Å². The number of nitrogens with zero attached hydrogens (tertiary/aromatic N) is 5. The van der Waals surface area contributed by atoms with Gasteiger partial charge in [0.25, 0.3) is 16.6 Å². The Morgan fingerprint density at radius 3 is 2.29 bits per heavy atom. The third kappa shape index (κ3) is 4.81. The summed E-state index contributed by atoms with van der Waals surface area (Å²) in [5, 5.41) is 28.2. The number of nitro groups is 2. The molecule has 1 aliphatic heterocycles. The third-order valence-corrected chi connectivity index (χ3v) is 5.78. The number of non-ortho nitro benzene ring substituents is 2. The average molecular weight is 509 g/mol. The number of aromatic nitrogens is 2. The molecular weight excluding hydrogens is 499 g/mol. The Bertz CT molecular complexity index is 1340. The van der Waals surface area contributed by atoms with E-state index in [2.05, 4.69) is 10.2 Å². The van der Waals surface area contributed by atoms with Crippen LogP contribution in [0.1, 0.15) is 12.0 Å². The van der Waals surface area contributed by atoms with Crippen molar-refractivity contribution in [2.45, 2.75) is 23.1 Å². The fourth-order valence-corrected chi connectivity index (χ4v) is 4.10. The lowest BCUT2D eigenvalue weighted by Crippen LogP contribution is -2.31. The van der Waals surface area contributed by atoms with Gasteiger partial charge in [-0.15, -0.1) is 10.2 Å². The van der Waals surface area contributed by atoms with Gasteiger partial charge >= 0.3 is 6.18 Å². The van der Waals surface area contributed by atoms with Gasteiger partial charge in [0.05, 0.1) is 32.7 Å². The van der Waals surface area contributed by atoms with E-state index in [1.54, 1.807) is 0 Å². The largest absolute Gasteiger partial charge is 0.416 e. The molecule has 1 aliphatic rings. The number of halogens is 3. The maximum atomic E-state index is 13.0. The van der Waals surface area contributed by atoms with Crippen molar-refractivity contribution in [3.63, 3.8) is 0 Å². The molecule has 2 aromatic carbocycles. The highest BCUT2D eigenvalue weighted by atomic mass is 32.2. The van der Waals surface area contributed by atoms with E-state index in [4.69, 9.17) is 4.42 Å². The van der Waals surface area contributed by atoms with Crippen LogP contribution in [0, 0.1) is 20.2 Å².